The van der Waals surface area contributed by atoms with Gasteiger partial charge in [0.1, 0.15) is 0 Å². The van der Waals surface area contributed by atoms with Crippen LogP contribution in [0, 0.1) is 6.92 Å². The summed E-state index contributed by atoms with van der Waals surface area (Å²) in [6.45, 7) is 3.84. The highest BCUT2D eigenvalue weighted by molar-refractivity contribution is 5.89. The molecule has 0 saturated heterocycles. The van der Waals surface area contributed by atoms with Crippen LogP contribution in [0.2, 0.25) is 0 Å². The van der Waals surface area contributed by atoms with Gasteiger partial charge in [-0.2, -0.15) is 5.10 Å². The van der Waals surface area contributed by atoms with Crippen LogP contribution >= 0.6 is 0 Å². The number of hydrogen-bond acceptors (Lipinski definition) is 3. The summed E-state index contributed by atoms with van der Waals surface area (Å²) < 4.78 is 1.85. The lowest BCUT2D eigenvalue weighted by molar-refractivity contribution is -0.116. The molecule has 0 atom stereocenters. The fourth-order valence-corrected chi connectivity index (χ4v) is 2.43. The first kappa shape index (κ1) is 18.2. The van der Waals surface area contributed by atoms with Gasteiger partial charge < -0.3 is 10.2 Å². The van der Waals surface area contributed by atoms with Crippen molar-refractivity contribution < 1.29 is 4.79 Å². The average Bonchev–Trinajstić information content (AvgIpc) is 2.99. The Morgan fingerprint density at radius 2 is 1.92 bits per heavy atom. The third-order valence-electron chi connectivity index (χ3n) is 3.92. The summed E-state index contributed by atoms with van der Waals surface area (Å²) in [4.78, 5) is 14.1. The summed E-state index contributed by atoms with van der Waals surface area (Å²) in [5.41, 5.74) is 2.61. The topological polar surface area (TPSA) is 50.2 Å². The third-order valence-corrected chi connectivity index (χ3v) is 3.92. The van der Waals surface area contributed by atoms with Gasteiger partial charge in [0.2, 0.25) is 5.91 Å². The predicted octanol–water partition coefficient (Wildman–Crippen LogP) is 3.10. The Bertz CT molecular complexity index is 631. The third kappa shape index (κ3) is 6.54. The Labute approximate surface area is 144 Å². The number of likely N-dealkylation sites (N-methyl/N-ethyl adjacent to an activating group) is 1. The molecule has 1 heterocycles. The standard InChI is InChI=1S/C19H28N4O/c1-16-8-10-17(11-9-16)6-4-5-7-19(24)20-18-12-13-23(21-18)15-14-22(2)3/h8-13H,4-7,14-15H2,1-3H3,(H,20,21,24). The van der Waals surface area contributed by atoms with E-state index in [2.05, 4.69) is 46.5 Å². The lowest BCUT2D eigenvalue weighted by atomic mass is 10.1. The minimum absolute atomic E-state index is 0.0387. The van der Waals surface area contributed by atoms with Crippen LogP contribution in [0.4, 0.5) is 5.82 Å². The molecule has 1 aromatic carbocycles. The number of amides is 1. The van der Waals surface area contributed by atoms with Crippen molar-refractivity contribution >= 4 is 11.7 Å². The van der Waals surface area contributed by atoms with Crippen LogP contribution < -0.4 is 5.32 Å². The highest BCUT2D eigenvalue weighted by Gasteiger charge is 2.05. The Morgan fingerprint density at radius 1 is 1.17 bits per heavy atom. The van der Waals surface area contributed by atoms with Crippen LogP contribution in [0.5, 0.6) is 0 Å². The summed E-state index contributed by atoms with van der Waals surface area (Å²) in [5, 5.41) is 7.24. The summed E-state index contributed by atoms with van der Waals surface area (Å²) in [6, 6.07) is 10.4. The number of nitrogens with zero attached hydrogens (tertiary/aromatic N) is 3. The van der Waals surface area contributed by atoms with Gasteiger partial charge >= 0.3 is 0 Å². The summed E-state index contributed by atoms with van der Waals surface area (Å²) >= 11 is 0. The maximum absolute atomic E-state index is 12.0. The highest BCUT2D eigenvalue weighted by Crippen LogP contribution is 2.09. The van der Waals surface area contributed by atoms with Crippen LogP contribution in [-0.2, 0) is 17.8 Å². The van der Waals surface area contributed by atoms with Crippen molar-refractivity contribution in [2.75, 3.05) is 26.0 Å². The highest BCUT2D eigenvalue weighted by atomic mass is 16.1. The van der Waals surface area contributed by atoms with E-state index >= 15 is 0 Å². The van der Waals surface area contributed by atoms with Crippen LogP contribution in [0.3, 0.4) is 0 Å². The van der Waals surface area contributed by atoms with Crippen LogP contribution in [0.1, 0.15) is 30.4 Å². The van der Waals surface area contributed by atoms with Gasteiger partial charge in [-0.1, -0.05) is 29.8 Å². The molecule has 0 bridgehead atoms. The van der Waals surface area contributed by atoms with Crippen molar-refractivity contribution in [2.24, 2.45) is 0 Å². The number of aryl methyl sites for hydroxylation is 2. The molecule has 0 aliphatic rings. The van der Waals surface area contributed by atoms with Gasteiger partial charge in [-0.25, -0.2) is 0 Å². The molecule has 1 N–H and O–H groups in total. The van der Waals surface area contributed by atoms with E-state index in [-0.39, 0.29) is 5.91 Å². The van der Waals surface area contributed by atoms with E-state index in [1.165, 1.54) is 11.1 Å². The molecule has 130 valence electrons. The second-order valence-corrected chi connectivity index (χ2v) is 6.51. The maximum atomic E-state index is 12.0. The fourth-order valence-electron chi connectivity index (χ4n) is 2.43. The molecule has 0 saturated carbocycles. The average molecular weight is 328 g/mol. The second kappa shape index (κ2) is 9.23. The molecule has 2 aromatic rings. The van der Waals surface area contributed by atoms with Gasteiger partial charge in [-0.3, -0.25) is 9.48 Å². The SMILES string of the molecule is Cc1ccc(CCCCC(=O)Nc2ccn(CCN(C)C)n2)cc1. The molecule has 0 unspecified atom stereocenters. The quantitative estimate of drug-likeness (QED) is 0.720. The molecule has 0 aliphatic carbocycles. The van der Waals surface area contributed by atoms with Crippen LogP contribution in [0.25, 0.3) is 0 Å². The molecule has 5 heteroatoms. The smallest absolute Gasteiger partial charge is 0.225 e. The molecule has 24 heavy (non-hydrogen) atoms. The largest absolute Gasteiger partial charge is 0.309 e. The van der Waals surface area contributed by atoms with Gasteiger partial charge in [0.25, 0.3) is 0 Å². The van der Waals surface area contributed by atoms with E-state index < -0.39 is 0 Å². The van der Waals surface area contributed by atoms with Gasteiger partial charge in [-0.15, -0.1) is 0 Å². The Kier molecular flexibility index (Phi) is 7.00. The van der Waals surface area contributed by atoms with Crippen LogP contribution in [0.15, 0.2) is 36.5 Å². The Balaban J connectivity index is 1.65. The molecule has 0 fully saturated rings. The Morgan fingerprint density at radius 3 is 2.62 bits per heavy atom. The molecule has 5 nitrogen and oxygen atoms in total. The van der Waals surface area contributed by atoms with E-state index in [9.17, 15) is 4.79 Å². The van der Waals surface area contributed by atoms with Crippen LogP contribution in [-0.4, -0.2) is 41.2 Å². The lowest BCUT2D eigenvalue weighted by Gasteiger charge is -2.08. The Hall–Kier alpha value is -2.14. The number of unbranched alkanes of at least 4 members (excludes halogenated alkanes) is 1. The van der Waals surface area contributed by atoms with Crippen molar-refractivity contribution in [3.63, 3.8) is 0 Å². The summed E-state index contributed by atoms with van der Waals surface area (Å²) in [7, 11) is 4.06. The van der Waals surface area contributed by atoms with Crippen molar-refractivity contribution in [2.45, 2.75) is 39.2 Å². The summed E-state index contributed by atoms with van der Waals surface area (Å²) in [5.74, 6) is 0.675. The molecule has 2 rings (SSSR count). The molecule has 1 amide bonds. The van der Waals surface area contributed by atoms with E-state index in [0.29, 0.717) is 12.2 Å². The van der Waals surface area contributed by atoms with Gasteiger partial charge in [0, 0.05) is 25.2 Å². The molecule has 1 aromatic heterocycles. The first-order valence-electron chi connectivity index (χ1n) is 8.56. The number of rotatable bonds is 9. The number of benzene rings is 1. The minimum atomic E-state index is 0.0387. The van der Waals surface area contributed by atoms with E-state index in [4.69, 9.17) is 0 Å². The maximum Gasteiger partial charge on any atom is 0.225 e. The fraction of sp³-hybridized carbons (Fsp3) is 0.474. The second-order valence-electron chi connectivity index (χ2n) is 6.51. The monoisotopic (exact) mass is 328 g/mol. The number of hydrogen-bond donors (Lipinski definition) is 1. The van der Waals surface area contributed by atoms with Gasteiger partial charge in [0.15, 0.2) is 5.82 Å². The zero-order chi connectivity index (χ0) is 17.4. The zero-order valence-corrected chi connectivity index (χ0v) is 15.0. The normalized spacial score (nSPS) is 11.0. The van der Waals surface area contributed by atoms with Crippen molar-refractivity contribution in [1.82, 2.24) is 14.7 Å². The molecule has 0 spiro atoms. The van der Waals surface area contributed by atoms with E-state index in [1.807, 2.05) is 31.0 Å². The van der Waals surface area contributed by atoms with Crippen molar-refractivity contribution in [1.29, 1.82) is 0 Å². The van der Waals surface area contributed by atoms with Crippen molar-refractivity contribution in [3.05, 3.63) is 47.7 Å². The number of anilines is 1. The number of nitrogens with one attached hydrogen (secondary N) is 1. The number of carbonyl (C=O) groups excluding carboxylic acids is 1. The number of aromatic nitrogens is 2. The molecular weight excluding hydrogens is 300 g/mol. The van der Waals surface area contributed by atoms with Gasteiger partial charge in [-0.05, 0) is 45.8 Å². The van der Waals surface area contributed by atoms with Gasteiger partial charge in [0.05, 0.1) is 6.54 Å². The molecule has 0 aliphatic heterocycles. The number of carbonyl (C=O) groups is 1. The minimum Gasteiger partial charge on any atom is -0.309 e. The first-order chi connectivity index (χ1) is 11.5. The summed E-state index contributed by atoms with van der Waals surface area (Å²) in [6.07, 6.45) is 5.37. The van der Waals surface area contributed by atoms with Crippen molar-refractivity contribution in [3.8, 4) is 0 Å². The first-order valence-corrected chi connectivity index (χ1v) is 8.56. The zero-order valence-electron chi connectivity index (χ0n) is 15.0. The van der Waals surface area contributed by atoms with E-state index in [0.717, 1.165) is 32.4 Å². The molecule has 0 radical (unpaired) electrons. The molecular formula is C19H28N4O. The predicted molar refractivity (Wildman–Crippen MR) is 98.1 cm³/mol. The lowest BCUT2D eigenvalue weighted by Crippen LogP contribution is -2.19. The van der Waals surface area contributed by atoms with E-state index in [1.54, 1.807) is 0 Å².